The Morgan fingerprint density at radius 3 is 2.74 bits per heavy atom. The molecule has 2 aromatic rings. The highest BCUT2D eigenvalue weighted by molar-refractivity contribution is 7.78. The lowest BCUT2D eigenvalue weighted by molar-refractivity contribution is -0.0482. The number of hydrogen-bond donors (Lipinski definition) is 3. The fourth-order valence-electron chi connectivity index (χ4n) is 3.44. The molecule has 34 heavy (non-hydrogen) atoms. The Balaban J connectivity index is 1.66. The molecule has 0 aliphatic carbocycles. The lowest BCUT2D eigenvalue weighted by Gasteiger charge is -2.45. The van der Waals surface area contributed by atoms with Crippen LogP contribution in [0.4, 0.5) is 9.59 Å². The van der Waals surface area contributed by atoms with Crippen LogP contribution in [0.5, 0.6) is 5.75 Å². The molecule has 3 N–H and O–H groups in total. The van der Waals surface area contributed by atoms with E-state index in [1.165, 1.54) is 24.5 Å². The second kappa shape index (κ2) is 8.90. The van der Waals surface area contributed by atoms with Crippen LogP contribution in [-0.4, -0.2) is 61.5 Å². The van der Waals surface area contributed by atoms with E-state index >= 15 is 0 Å². The summed E-state index contributed by atoms with van der Waals surface area (Å²) in [4.78, 5) is 50.4. The summed E-state index contributed by atoms with van der Waals surface area (Å²) in [6.45, 7) is 1.71. The van der Waals surface area contributed by atoms with Crippen molar-refractivity contribution in [3.8, 4) is 5.75 Å². The third-order valence-corrected chi connectivity index (χ3v) is 10.3. The molecule has 4 atom stereocenters. The normalized spacial score (nSPS) is 31.2. The second-order valence-electron chi connectivity index (χ2n) is 7.75. The number of pyridine rings is 1. The summed E-state index contributed by atoms with van der Waals surface area (Å²) in [6, 6.07) is 7.49. The molecule has 0 saturated carbocycles. The molecule has 4 rings (SSSR count). The smallest absolute Gasteiger partial charge is 0.424 e. The SMILES string of the molecule is C=P1(O)OC(c2cc(C)ccc2OC(=O)N2CCOC2=O)OP(=O)(O)C1(O)Cc1cccnc1. The van der Waals surface area contributed by atoms with Gasteiger partial charge in [-0.2, -0.15) is 0 Å². The minimum absolute atomic E-state index is 0.00727. The maximum Gasteiger partial charge on any atom is 0.424 e. The van der Waals surface area contributed by atoms with Gasteiger partial charge < -0.3 is 24.4 Å². The molecule has 2 saturated heterocycles. The fraction of sp³-hybridized carbons (Fsp3) is 0.300. The first-order chi connectivity index (χ1) is 15.9. The number of aliphatic hydroxyl groups is 1. The van der Waals surface area contributed by atoms with Gasteiger partial charge in [0.1, 0.15) is 12.4 Å². The van der Waals surface area contributed by atoms with Crippen LogP contribution in [0.15, 0.2) is 42.7 Å². The number of hydrogen-bond acceptors (Lipinski definition) is 10. The van der Waals surface area contributed by atoms with Crippen LogP contribution in [0.1, 0.15) is 23.0 Å². The number of nitrogens with zero attached hydrogens (tertiary/aromatic N) is 2. The number of imide groups is 1. The molecular weight excluding hydrogens is 490 g/mol. The Labute approximate surface area is 194 Å². The lowest BCUT2D eigenvalue weighted by Crippen LogP contribution is -2.38. The first kappa shape index (κ1) is 24.6. The van der Waals surface area contributed by atoms with Crippen molar-refractivity contribution in [3.05, 3.63) is 59.4 Å². The highest BCUT2D eigenvalue weighted by Crippen LogP contribution is 2.79. The van der Waals surface area contributed by atoms with Crippen molar-refractivity contribution in [2.24, 2.45) is 0 Å². The van der Waals surface area contributed by atoms with Crippen molar-refractivity contribution < 1.29 is 47.6 Å². The molecule has 2 aliphatic rings. The Hall–Kier alpha value is -2.56. The number of ether oxygens (including phenoxy) is 2. The third kappa shape index (κ3) is 4.42. The van der Waals surface area contributed by atoms with Crippen molar-refractivity contribution in [1.82, 2.24) is 9.88 Å². The lowest BCUT2D eigenvalue weighted by atomic mass is 10.1. The van der Waals surface area contributed by atoms with Crippen LogP contribution in [0, 0.1) is 6.92 Å². The summed E-state index contributed by atoms with van der Waals surface area (Å²) in [7, 11) is -9.25. The number of benzene rings is 1. The number of carbonyl (C=O) groups is 2. The Morgan fingerprint density at radius 1 is 1.35 bits per heavy atom. The summed E-state index contributed by atoms with van der Waals surface area (Å²) < 4.78 is 34.0. The van der Waals surface area contributed by atoms with Crippen LogP contribution in [0.3, 0.4) is 0 Å². The van der Waals surface area contributed by atoms with Crippen LogP contribution in [-0.2, 0) is 24.8 Å². The maximum atomic E-state index is 13.2. The molecule has 1 aromatic carbocycles. The van der Waals surface area contributed by atoms with Gasteiger partial charge >= 0.3 is 19.8 Å². The predicted molar refractivity (Wildman–Crippen MR) is 119 cm³/mol. The molecule has 2 aliphatic heterocycles. The van der Waals surface area contributed by atoms with Crippen molar-refractivity contribution >= 4 is 33.4 Å². The summed E-state index contributed by atoms with van der Waals surface area (Å²) >= 11 is 0. The highest BCUT2D eigenvalue weighted by atomic mass is 31.2. The van der Waals surface area contributed by atoms with Gasteiger partial charge in [0.25, 0.3) is 0 Å². The first-order valence-corrected chi connectivity index (χ1v) is 13.4. The van der Waals surface area contributed by atoms with Gasteiger partial charge in [-0.3, -0.25) is 18.6 Å². The molecule has 3 heterocycles. The van der Waals surface area contributed by atoms with E-state index in [4.69, 9.17) is 18.5 Å². The molecule has 0 bridgehead atoms. The quantitative estimate of drug-likeness (QED) is 0.516. The summed E-state index contributed by atoms with van der Waals surface area (Å²) in [6.07, 6.45) is 2.21. The Kier molecular flexibility index (Phi) is 6.43. The van der Waals surface area contributed by atoms with Gasteiger partial charge in [0.2, 0.25) is 11.4 Å². The van der Waals surface area contributed by atoms with E-state index in [1.807, 2.05) is 0 Å². The number of aryl methyl sites for hydroxylation is 1. The molecule has 2 amide bonds. The van der Waals surface area contributed by atoms with E-state index in [-0.39, 0.29) is 24.5 Å². The summed E-state index contributed by atoms with van der Waals surface area (Å²) in [5.41, 5.74) is 0.952. The Morgan fingerprint density at radius 2 is 2.12 bits per heavy atom. The molecule has 4 unspecified atom stereocenters. The first-order valence-electron chi connectivity index (χ1n) is 9.97. The van der Waals surface area contributed by atoms with Crippen LogP contribution >= 0.6 is 14.9 Å². The number of rotatable bonds is 4. The van der Waals surface area contributed by atoms with Gasteiger partial charge in [0.15, 0.2) is 7.34 Å². The van der Waals surface area contributed by atoms with Crippen LogP contribution in [0.2, 0.25) is 0 Å². The molecule has 1 aromatic heterocycles. The minimum Gasteiger partial charge on any atom is -0.447 e. The standard InChI is InChI=1S/C20H22N2O10P2/c1-13-5-6-16(30-19(24)22-8-9-29-18(22)23)15(10-13)17-31-33(2,26)20(25,34(27,28)32-17)11-14-4-3-7-21-12-14/h3-7,10,12,17,25-26H,2,8-9,11H2,1H3,(H,27,28). The predicted octanol–water partition coefficient (Wildman–Crippen LogP) is 2.73. The van der Waals surface area contributed by atoms with E-state index in [0.717, 1.165) is 4.90 Å². The molecule has 182 valence electrons. The summed E-state index contributed by atoms with van der Waals surface area (Å²) in [5, 5.41) is 8.35. The average Bonchev–Trinajstić information content (AvgIpc) is 3.20. The second-order valence-corrected chi connectivity index (χ2v) is 12.5. The average molecular weight is 512 g/mol. The van der Waals surface area contributed by atoms with Gasteiger partial charge in [0, 0.05) is 18.8 Å². The molecule has 0 spiro atoms. The zero-order chi connectivity index (χ0) is 24.7. The van der Waals surface area contributed by atoms with Crippen molar-refractivity contribution in [3.63, 3.8) is 0 Å². The maximum absolute atomic E-state index is 13.2. The topological polar surface area (TPSA) is 165 Å². The van der Waals surface area contributed by atoms with Crippen LogP contribution < -0.4 is 4.74 Å². The number of aromatic nitrogens is 1. The van der Waals surface area contributed by atoms with Gasteiger partial charge in [-0.05, 0) is 37.0 Å². The van der Waals surface area contributed by atoms with Gasteiger partial charge in [-0.15, -0.1) is 0 Å². The van der Waals surface area contributed by atoms with Crippen molar-refractivity contribution in [1.29, 1.82) is 0 Å². The van der Waals surface area contributed by atoms with E-state index < -0.39 is 44.9 Å². The molecule has 0 radical (unpaired) electrons. The molecule has 2 fully saturated rings. The zero-order valence-corrected chi connectivity index (χ0v) is 19.7. The number of carbonyl (C=O) groups excluding carboxylic acids is 2. The van der Waals surface area contributed by atoms with Crippen molar-refractivity contribution in [2.75, 3.05) is 13.2 Å². The molecule has 14 heteroatoms. The van der Waals surface area contributed by atoms with E-state index in [9.17, 15) is 29.0 Å². The minimum atomic E-state index is -5.00. The largest absolute Gasteiger partial charge is 0.447 e. The third-order valence-electron chi connectivity index (χ3n) is 5.28. The van der Waals surface area contributed by atoms with E-state index in [1.54, 1.807) is 25.1 Å². The number of amides is 2. The van der Waals surface area contributed by atoms with Crippen LogP contribution in [0.25, 0.3) is 0 Å². The summed E-state index contributed by atoms with van der Waals surface area (Å²) in [5.74, 6) is -0.155. The van der Waals surface area contributed by atoms with Gasteiger partial charge in [0.05, 0.1) is 12.1 Å². The highest BCUT2D eigenvalue weighted by Gasteiger charge is 2.62. The van der Waals surface area contributed by atoms with Crippen molar-refractivity contribution in [2.45, 2.75) is 24.7 Å². The monoisotopic (exact) mass is 512 g/mol. The Bertz CT molecular complexity index is 1200. The van der Waals surface area contributed by atoms with E-state index in [0.29, 0.717) is 11.1 Å². The van der Waals surface area contributed by atoms with E-state index in [2.05, 4.69) is 11.3 Å². The molecule has 12 nitrogen and oxygen atoms in total. The molecular formula is C20H22N2O10P2. The zero-order valence-electron chi connectivity index (χ0n) is 17.9. The number of cyclic esters (lactones) is 1. The fourth-order valence-corrected chi connectivity index (χ4v) is 7.41. The van der Waals surface area contributed by atoms with Gasteiger partial charge in [-0.1, -0.05) is 17.7 Å². The van der Waals surface area contributed by atoms with Gasteiger partial charge in [-0.25, -0.2) is 14.5 Å².